The number of hydrogen-bond acceptors (Lipinski definition) is 3. The van der Waals surface area contributed by atoms with Gasteiger partial charge in [-0.15, -0.1) is 0 Å². The number of ether oxygens (including phenoxy) is 1. The van der Waals surface area contributed by atoms with E-state index in [9.17, 15) is 13.6 Å². The van der Waals surface area contributed by atoms with Gasteiger partial charge in [-0.25, -0.2) is 8.78 Å². The van der Waals surface area contributed by atoms with E-state index in [0.717, 1.165) is 17.7 Å². The van der Waals surface area contributed by atoms with Crippen molar-refractivity contribution in [1.82, 2.24) is 0 Å². The van der Waals surface area contributed by atoms with E-state index < -0.39 is 11.6 Å². The second kappa shape index (κ2) is 6.42. The van der Waals surface area contributed by atoms with Gasteiger partial charge in [-0.3, -0.25) is 4.79 Å². The van der Waals surface area contributed by atoms with Gasteiger partial charge >= 0.3 is 0 Å². The smallest absolute Gasteiger partial charge is 0.197 e. The monoisotopic (exact) mass is 371 g/mol. The number of rotatable bonds is 2. The molecule has 0 saturated heterocycles. The highest BCUT2D eigenvalue weighted by Crippen LogP contribution is 2.33. The van der Waals surface area contributed by atoms with Crippen LogP contribution in [0.5, 0.6) is 5.75 Å². The molecule has 130 valence electrons. The molecule has 0 amide bonds. The van der Waals surface area contributed by atoms with Crippen LogP contribution < -0.4 is 10.1 Å². The van der Waals surface area contributed by atoms with Crippen LogP contribution in [0.3, 0.4) is 0 Å². The summed E-state index contributed by atoms with van der Waals surface area (Å²) in [7, 11) is 0. The maximum absolute atomic E-state index is 13.8. The third kappa shape index (κ3) is 3.02. The Morgan fingerprint density at radius 2 is 1.81 bits per heavy atom. The van der Waals surface area contributed by atoms with E-state index in [1.54, 1.807) is 36.4 Å². The lowest BCUT2D eigenvalue weighted by atomic mass is 9.99. The summed E-state index contributed by atoms with van der Waals surface area (Å²) < 4.78 is 32.6. The van der Waals surface area contributed by atoms with E-state index in [-0.39, 0.29) is 18.1 Å². The van der Waals surface area contributed by atoms with Crippen LogP contribution in [0.15, 0.2) is 54.6 Å². The van der Waals surface area contributed by atoms with Crippen molar-refractivity contribution in [2.75, 3.05) is 5.32 Å². The van der Waals surface area contributed by atoms with Crippen molar-refractivity contribution in [1.29, 1.82) is 0 Å². The van der Waals surface area contributed by atoms with E-state index in [1.165, 1.54) is 6.07 Å². The molecule has 1 heterocycles. The highest BCUT2D eigenvalue weighted by atomic mass is 35.5. The highest BCUT2D eigenvalue weighted by molar-refractivity contribution is 6.31. The molecule has 0 bridgehead atoms. The van der Waals surface area contributed by atoms with Crippen molar-refractivity contribution in [3.05, 3.63) is 87.9 Å². The van der Waals surface area contributed by atoms with Crippen molar-refractivity contribution in [2.24, 2.45) is 0 Å². The first kappa shape index (κ1) is 16.5. The second-order valence-electron chi connectivity index (χ2n) is 5.88. The Kier molecular flexibility index (Phi) is 4.09. The fourth-order valence-electron chi connectivity index (χ4n) is 2.84. The van der Waals surface area contributed by atoms with Gasteiger partial charge in [-0.1, -0.05) is 17.7 Å². The van der Waals surface area contributed by atoms with Gasteiger partial charge in [0.2, 0.25) is 0 Å². The molecule has 3 aromatic carbocycles. The molecule has 3 aromatic rings. The lowest BCUT2D eigenvalue weighted by Gasteiger charge is -2.11. The zero-order valence-corrected chi connectivity index (χ0v) is 14.1. The topological polar surface area (TPSA) is 38.3 Å². The lowest BCUT2D eigenvalue weighted by Crippen LogP contribution is -2.03. The van der Waals surface area contributed by atoms with Crippen LogP contribution in [0.25, 0.3) is 0 Å². The molecule has 0 spiro atoms. The third-order valence-electron chi connectivity index (χ3n) is 4.14. The van der Waals surface area contributed by atoms with Crippen molar-refractivity contribution in [2.45, 2.75) is 6.61 Å². The van der Waals surface area contributed by atoms with Crippen molar-refractivity contribution >= 4 is 28.8 Å². The fraction of sp³-hybridized carbons (Fsp3) is 0.0500. The minimum atomic E-state index is -0.709. The third-order valence-corrected chi connectivity index (χ3v) is 4.37. The quantitative estimate of drug-likeness (QED) is 0.647. The van der Waals surface area contributed by atoms with E-state index in [2.05, 4.69) is 5.32 Å². The summed E-state index contributed by atoms with van der Waals surface area (Å²) in [5, 5.41) is 3.34. The average molecular weight is 372 g/mol. The molecule has 0 aliphatic carbocycles. The zero-order chi connectivity index (χ0) is 18.3. The molecule has 0 radical (unpaired) electrons. The Hall–Kier alpha value is -2.92. The van der Waals surface area contributed by atoms with Gasteiger partial charge in [0, 0.05) is 34.0 Å². The summed E-state index contributed by atoms with van der Waals surface area (Å²) >= 11 is 6.00. The molecule has 1 N–H and O–H groups in total. The van der Waals surface area contributed by atoms with E-state index in [1.807, 2.05) is 0 Å². The molecule has 0 atom stereocenters. The van der Waals surface area contributed by atoms with Gasteiger partial charge < -0.3 is 10.1 Å². The number of carbonyl (C=O) groups excluding carboxylic acids is 1. The summed E-state index contributed by atoms with van der Waals surface area (Å²) in [4.78, 5) is 12.8. The SMILES string of the molecule is O=C1c2cc(Cl)ccc2COc2cc(Nc3ccc(F)cc3F)ccc21. The summed E-state index contributed by atoms with van der Waals surface area (Å²) in [5.41, 5.74) is 2.29. The maximum atomic E-state index is 13.8. The van der Waals surface area contributed by atoms with Crippen LogP contribution >= 0.6 is 11.6 Å². The number of nitrogens with one attached hydrogen (secondary N) is 1. The van der Waals surface area contributed by atoms with Gasteiger partial charge in [-0.05, 0) is 36.4 Å². The van der Waals surface area contributed by atoms with Crippen LogP contribution in [0.4, 0.5) is 20.2 Å². The minimum Gasteiger partial charge on any atom is -0.488 e. The number of carbonyl (C=O) groups is 1. The van der Waals surface area contributed by atoms with Crippen LogP contribution in [0.2, 0.25) is 5.02 Å². The first-order valence-corrected chi connectivity index (χ1v) is 8.21. The molecule has 26 heavy (non-hydrogen) atoms. The van der Waals surface area contributed by atoms with E-state index in [4.69, 9.17) is 16.3 Å². The van der Waals surface area contributed by atoms with Crippen LogP contribution in [-0.2, 0) is 6.61 Å². The largest absolute Gasteiger partial charge is 0.488 e. The highest BCUT2D eigenvalue weighted by Gasteiger charge is 2.23. The van der Waals surface area contributed by atoms with Gasteiger partial charge in [0.1, 0.15) is 24.0 Å². The summed E-state index contributed by atoms with van der Waals surface area (Å²) in [6.07, 6.45) is 0. The zero-order valence-electron chi connectivity index (χ0n) is 13.4. The number of halogens is 3. The molecule has 6 heteroatoms. The van der Waals surface area contributed by atoms with Gasteiger partial charge in [-0.2, -0.15) is 0 Å². The lowest BCUT2D eigenvalue weighted by molar-refractivity contribution is 0.103. The second-order valence-corrected chi connectivity index (χ2v) is 6.32. The standard InChI is InChI=1S/C20H12ClF2NO2/c21-12-2-1-11-10-26-19-9-14(4-5-15(19)20(25)16(11)7-12)24-18-6-3-13(22)8-17(18)23/h1-9,24H,10H2. The molecular formula is C20H12ClF2NO2. The Morgan fingerprint density at radius 1 is 0.962 bits per heavy atom. The Balaban J connectivity index is 1.69. The van der Waals surface area contributed by atoms with E-state index in [0.29, 0.717) is 27.6 Å². The number of fused-ring (bicyclic) bond motifs is 2. The minimum absolute atomic E-state index is 0.126. The number of benzene rings is 3. The maximum Gasteiger partial charge on any atom is 0.197 e. The molecule has 0 fully saturated rings. The predicted octanol–water partition coefficient (Wildman–Crippen LogP) is 5.49. The molecule has 0 aromatic heterocycles. The average Bonchev–Trinajstić information content (AvgIpc) is 2.75. The molecule has 4 rings (SSSR count). The molecule has 1 aliphatic rings. The summed E-state index contributed by atoms with van der Waals surface area (Å²) in [6.45, 7) is 0.222. The molecule has 0 saturated carbocycles. The molecular weight excluding hydrogens is 360 g/mol. The number of anilines is 2. The fourth-order valence-corrected chi connectivity index (χ4v) is 3.01. The van der Waals surface area contributed by atoms with Gasteiger partial charge in [0.25, 0.3) is 0 Å². The number of hydrogen-bond donors (Lipinski definition) is 1. The van der Waals surface area contributed by atoms with Gasteiger partial charge in [0.05, 0.1) is 11.3 Å². The summed E-state index contributed by atoms with van der Waals surface area (Å²) in [5.74, 6) is -1.16. The predicted molar refractivity (Wildman–Crippen MR) is 95.3 cm³/mol. The first-order valence-electron chi connectivity index (χ1n) is 7.83. The molecule has 3 nitrogen and oxygen atoms in total. The Labute approximate surface area is 153 Å². The van der Waals surface area contributed by atoms with E-state index >= 15 is 0 Å². The molecule has 0 unspecified atom stereocenters. The Morgan fingerprint density at radius 3 is 2.62 bits per heavy atom. The Bertz CT molecular complexity index is 1040. The first-order chi connectivity index (χ1) is 12.5. The molecule has 1 aliphatic heterocycles. The van der Waals surface area contributed by atoms with Crippen LogP contribution in [0.1, 0.15) is 21.5 Å². The van der Waals surface area contributed by atoms with Crippen molar-refractivity contribution in [3.8, 4) is 5.75 Å². The normalized spacial score (nSPS) is 12.7. The van der Waals surface area contributed by atoms with Crippen LogP contribution in [-0.4, -0.2) is 5.78 Å². The van der Waals surface area contributed by atoms with Crippen molar-refractivity contribution in [3.63, 3.8) is 0 Å². The summed E-state index contributed by atoms with van der Waals surface area (Å²) in [6, 6.07) is 13.2. The van der Waals surface area contributed by atoms with Crippen LogP contribution in [0, 0.1) is 11.6 Å². The van der Waals surface area contributed by atoms with Crippen molar-refractivity contribution < 1.29 is 18.3 Å². The van der Waals surface area contributed by atoms with Gasteiger partial charge in [0.15, 0.2) is 5.78 Å². The number of ketones is 1.